The van der Waals surface area contributed by atoms with Gasteiger partial charge in [0.2, 0.25) is 0 Å². The lowest BCUT2D eigenvalue weighted by Gasteiger charge is -2.20. The number of aromatic carboxylic acids is 4. The monoisotopic (exact) mass is 478 g/mol. The quantitative estimate of drug-likeness (QED) is 0.261. The first-order chi connectivity index (χ1) is 16.5. The van der Waals surface area contributed by atoms with E-state index in [-0.39, 0.29) is 12.0 Å². The van der Waals surface area contributed by atoms with Crippen LogP contribution in [0.25, 0.3) is 0 Å². The third-order valence-electron chi connectivity index (χ3n) is 5.26. The first-order valence-corrected chi connectivity index (χ1v) is 10.2. The van der Waals surface area contributed by atoms with Crippen LogP contribution in [0.5, 0.6) is 0 Å². The van der Waals surface area contributed by atoms with Crippen molar-refractivity contribution in [2.45, 2.75) is 19.3 Å². The average Bonchev–Trinajstić information content (AvgIpc) is 2.78. The van der Waals surface area contributed by atoms with Gasteiger partial charge < -0.3 is 20.4 Å². The molecule has 0 heterocycles. The van der Waals surface area contributed by atoms with Gasteiger partial charge in [-0.05, 0) is 36.0 Å². The maximum atomic E-state index is 13.9. The number of rotatable bonds is 12. The van der Waals surface area contributed by atoms with Crippen LogP contribution in [0.1, 0.15) is 74.0 Å². The molecule has 0 unspecified atom stereocenters. The largest absolute Gasteiger partial charge is 0.478 e. The van der Waals surface area contributed by atoms with Crippen molar-refractivity contribution in [2.24, 2.45) is 0 Å². The number of carboxylic acid groups (broad SMARTS) is 4. The lowest BCUT2D eigenvalue weighted by Crippen LogP contribution is -2.26. The predicted octanol–water partition coefficient (Wildman–Crippen LogP) is 3.90. The van der Waals surface area contributed by atoms with E-state index in [1.165, 1.54) is 18.2 Å². The molecule has 0 aliphatic rings. The topological polar surface area (TPSA) is 166 Å². The molecule has 4 N–H and O–H groups in total. The Bertz CT molecular complexity index is 1300. The van der Waals surface area contributed by atoms with Crippen LogP contribution < -0.4 is 0 Å². The molecule has 2 rings (SSSR count). The maximum Gasteiger partial charge on any atom is 0.337 e. The minimum Gasteiger partial charge on any atom is -0.478 e. The van der Waals surface area contributed by atoms with Gasteiger partial charge in [0.05, 0.1) is 22.3 Å². The second-order valence-electron chi connectivity index (χ2n) is 7.32. The number of carbonyl (C=O) groups is 5. The summed E-state index contributed by atoms with van der Waals surface area (Å²) in [5.41, 5.74) is -4.69. The summed E-state index contributed by atoms with van der Waals surface area (Å²) in [5, 5.41) is 39.1. The molecular formula is C26H22O9. The Labute approximate surface area is 200 Å². The van der Waals surface area contributed by atoms with Crippen molar-refractivity contribution in [3.8, 4) is 0 Å². The van der Waals surface area contributed by atoms with Crippen LogP contribution in [0.2, 0.25) is 0 Å². The number of carbonyl (C=O) groups excluding carboxylic acids is 1. The molecule has 0 saturated heterocycles. The van der Waals surface area contributed by atoms with Crippen molar-refractivity contribution in [1.29, 1.82) is 0 Å². The number of allylic oxidation sites excluding steroid dienone is 3. The highest BCUT2D eigenvalue weighted by Crippen LogP contribution is 2.33. The van der Waals surface area contributed by atoms with Crippen molar-refractivity contribution >= 4 is 29.7 Å². The summed E-state index contributed by atoms with van der Waals surface area (Å²) in [5.74, 6) is -8.67. The molecule has 0 radical (unpaired) electrons. The first kappa shape index (κ1) is 26.5. The van der Waals surface area contributed by atoms with Gasteiger partial charge in [-0.2, -0.15) is 0 Å². The Morgan fingerprint density at radius 2 is 1.03 bits per heavy atom. The van der Waals surface area contributed by atoms with Gasteiger partial charge in [-0.25, -0.2) is 19.2 Å². The fraction of sp³-hybridized carbons (Fsp3) is 0.115. The van der Waals surface area contributed by atoms with Crippen LogP contribution in [0, 0.1) is 0 Å². The van der Waals surface area contributed by atoms with Crippen molar-refractivity contribution < 1.29 is 44.4 Å². The summed E-state index contributed by atoms with van der Waals surface area (Å²) in [7, 11) is 0. The van der Waals surface area contributed by atoms with Gasteiger partial charge >= 0.3 is 23.9 Å². The molecular weight excluding hydrogens is 456 g/mol. The standard InChI is InChI=1S/C26H22O9/c1-4-8-13-11-7-12-15(14(13)9-5-2)22(27)17-16(10-6-3)18(23(28)29)20(25(32)33)21(26(34)35)19(17)24(30)31/h4-7,11-12H,1-3,8-10H2,(H,28,29)(H,30,31)(H,32,33)(H,34,35). The number of benzene rings is 2. The summed E-state index contributed by atoms with van der Waals surface area (Å²) in [6.45, 7) is 10.8. The minimum absolute atomic E-state index is 0.00665. The minimum atomic E-state index is -2.01. The van der Waals surface area contributed by atoms with Crippen LogP contribution in [-0.4, -0.2) is 50.1 Å². The second kappa shape index (κ2) is 10.9. The third-order valence-corrected chi connectivity index (χ3v) is 5.26. The lowest BCUT2D eigenvalue weighted by molar-refractivity contribution is 0.0617. The summed E-state index contributed by atoms with van der Waals surface area (Å²) < 4.78 is 0. The third kappa shape index (κ3) is 4.93. The average molecular weight is 478 g/mol. The lowest BCUT2D eigenvalue weighted by atomic mass is 9.80. The fourth-order valence-corrected chi connectivity index (χ4v) is 3.99. The smallest absolute Gasteiger partial charge is 0.337 e. The Morgan fingerprint density at radius 3 is 1.49 bits per heavy atom. The molecule has 0 fully saturated rings. The molecule has 0 spiro atoms. The van der Waals surface area contributed by atoms with E-state index in [0.29, 0.717) is 17.5 Å². The normalized spacial score (nSPS) is 10.3. The van der Waals surface area contributed by atoms with E-state index in [1.807, 2.05) is 0 Å². The van der Waals surface area contributed by atoms with E-state index in [2.05, 4.69) is 19.7 Å². The van der Waals surface area contributed by atoms with Gasteiger partial charge in [0, 0.05) is 11.1 Å². The van der Waals surface area contributed by atoms with E-state index in [4.69, 9.17) is 0 Å². The van der Waals surface area contributed by atoms with Gasteiger partial charge in [-0.1, -0.05) is 36.4 Å². The second-order valence-corrected chi connectivity index (χ2v) is 7.32. The van der Waals surface area contributed by atoms with E-state index < -0.39 is 69.5 Å². The molecule has 0 bridgehead atoms. The molecule has 0 atom stereocenters. The van der Waals surface area contributed by atoms with Crippen molar-refractivity contribution in [3.63, 3.8) is 0 Å². The van der Waals surface area contributed by atoms with E-state index in [9.17, 15) is 44.4 Å². The summed E-state index contributed by atoms with van der Waals surface area (Å²) in [6.07, 6.45) is 4.40. The Kier molecular flexibility index (Phi) is 8.23. The summed E-state index contributed by atoms with van der Waals surface area (Å²) in [6, 6.07) is 4.65. The van der Waals surface area contributed by atoms with Crippen LogP contribution in [0.15, 0.2) is 56.2 Å². The van der Waals surface area contributed by atoms with Crippen LogP contribution in [0.3, 0.4) is 0 Å². The highest BCUT2D eigenvalue weighted by Gasteiger charge is 2.38. The Balaban J connectivity index is 3.22. The summed E-state index contributed by atoms with van der Waals surface area (Å²) >= 11 is 0. The predicted molar refractivity (Wildman–Crippen MR) is 126 cm³/mol. The van der Waals surface area contributed by atoms with Gasteiger partial charge in [0.15, 0.2) is 5.78 Å². The molecule has 2 aromatic rings. The Hall–Kier alpha value is -4.79. The van der Waals surface area contributed by atoms with E-state index >= 15 is 0 Å². The zero-order chi connectivity index (χ0) is 26.4. The Morgan fingerprint density at radius 1 is 0.600 bits per heavy atom. The molecule has 0 saturated carbocycles. The van der Waals surface area contributed by atoms with Gasteiger partial charge in [0.25, 0.3) is 0 Å². The number of hydrogen-bond acceptors (Lipinski definition) is 5. The van der Waals surface area contributed by atoms with Gasteiger partial charge in [-0.15, -0.1) is 19.7 Å². The van der Waals surface area contributed by atoms with Crippen LogP contribution >= 0.6 is 0 Å². The van der Waals surface area contributed by atoms with Crippen molar-refractivity contribution in [3.05, 3.63) is 106 Å². The van der Waals surface area contributed by atoms with Crippen LogP contribution in [0.4, 0.5) is 0 Å². The van der Waals surface area contributed by atoms with Gasteiger partial charge in [0.1, 0.15) is 0 Å². The molecule has 180 valence electrons. The van der Waals surface area contributed by atoms with E-state index in [0.717, 1.165) is 6.08 Å². The molecule has 9 nitrogen and oxygen atoms in total. The SMILES string of the molecule is C=CCc1cccc(C(=O)c2c(CC=C)c(C(=O)O)c(C(=O)O)c(C(=O)O)c2C(=O)O)c1CC=C. The van der Waals surface area contributed by atoms with Crippen LogP contribution in [-0.2, 0) is 19.3 Å². The molecule has 0 amide bonds. The first-order valence-electron chi connectivity index (χ1n) is 10.2. The number of carboxylic acids is 4. The molecule has 2 aromatic carbocycles. The fourth-order valence-electron chi connectivity index (χ4n) is 3.99. The molecule has 0 aromatic heterocycles. The zero-order valence-electron chi connectivity index (χ0n) is 18.5. The highest BCUT2D eigenvalue weighted by atomic mass is 16.4. The summed E-state index contributed by atoms with van der Waals surface area (Å²) in [4.78, 5) is 62.2. The molecule has 0 aliphatic carbocycles. The van der Waals surface area contributed by atoms with Gasteiger partial charge in [-0.3, -0.25) is 4.79 Å². The number of ketones is 1. The van der Waals surface area contributed by atoms with Crippen molar-refractivity contribution in [1.82, 2.24) is 0 Å². The molecule has 9 heteroatoms. The zero-order valence-corrected chi connectivity index (χ0v) is 18.5. The maximum absolute atomic E-state index is 13.9. The van der Waals surface area contributed by atoms with E-state index in [1.54, 1.807) is 12.1 Å². The molecule has 35 heavy (non-hydrogen) atoms. The highest BCUT2D eigenvalue weighted by molar-refractivity contribution is 6.23. The molecule has 0 aliphatic heterocycles. The number of hydrogen-bond donors (Lipinski definition) is 4. The van der Waals surface area contributed by atoms with Crippen molar-refractivity contribution in [2.75, 3.05) is 0 Å².